The molecule has 0 saturated carbocycles. The van der Waals surface area contributed by atoms with Gasteiger partial charge < -0.3 is 5.32 Å². The molecule has 1 aromatic rings. The lowest BCUT2D eigenvalue weighted by molar-refractivity contribution is 0.636. The Morgan fingerprint density at radius 3 is 3.00 bits per heavy atom. The van der Waals surface area contributed by atoms with Gasteiger partial charge in [-0.2, -0.15) is 11.8 Å². The van der Waals surface area contributed by atoms with Crippen molar-refractivity contribution >= 4 is 23.1 Å². The van der Waals surface area contributed by atoms with Crippen molar-refractivity contribution in [3.05, 3.63) is 33.0 Å². The molecule has 1 aromatic heterocycles. The molecule has 0 radical (unpaired) electrons. The molecule has 2 heterocycles. The molecule has 0 spiro atoms. The highest BCUT2D eigenvalue weighted by Crippen LogP contribution is 2.38. The summed E-state index contributed by atoms with van der Waals surface area (Å²) in [5.41, 5.74) is 3.23. The van der Waals surface area contributed by atoms with E-state index in [-0.39, 0.29) is 0 Å². The second kappa shape index (κ2) is 6.47. The largest absolute Gasteiger partial charge is 0.309 e. The molecule has 0 saturated heterocycles. The van der Waals surface area contributed by atoms with Gasteiger partial charge >= 0.3 is 0 Å². The minimum atomic E-state index is 0.471. The van der Waals surface area contributed by atoms with Crippen LogP contribution in [0, 0.1) is 0 Å². The monoisotopic (exact) mass is 293 g/mol. The SMILES string of the molecule is CNC(C1=CCCCCC1)c1cc2c(s1)CCSC2. The van der Waals surface area contributed by atoms with Crippen molar-refractivity contribution in [3.8, 4) is 0 Å². The highest BCUT2D eigenvalue weighted by molar-refractivity contribution is 7.98. The van der Waals surface area contributed by atoms with Gasteiger partial charge in [0, 0.05) is 15.5 Å². The number of allylic oxidation sites excluding steroid dienone is 1. The van der Waals surface area contributed by atoms with Gasteiger partial charge in [0.15, 0.2) is 0 Å². The van der Waals surface area contributed by atoms with Crippen LogP contribution in [0.2, 0.25) is 0 Å². The first-order valence-corrected chi connectivity index (χ1v) is 9.41. The third-order valence-corrected chi connectivity index (χ3v) is 6.48. The Hall–Kier alpha value is -0.250. The van der Waals surface area contributed by atoms with Crippen LogP contribution < -0.4 is 5.32 Å². The summed E-state index contributed by atoms with van der Waals surface area (Å²) in [6.45, 7) is 0. The van der Waals surface area contributed by atoms with E-state index in [2.05, 4.69) is 47.6 Å². The van der Waals surface area contributed by atoms with Crippen molar-refractivity contribution in [2.45, 2.75) is 50.3 Å². The minimum Gasteiger partial charge on any atom is -0.309 e. The van der Waals surface area contributed by atoms with Crippen LogP contribution in [-0.2, 0) is 12.2 Å². The van der Waals surface area contributed by atoms with E-state index in [1.54, 1.807) is 20.9 Å². The van der Waals surface area contributed by atoms with Crippen LogP contribution in [0.15, 0.2) is 17.7 Å². The first-order chi connectivity index (χ1) is 9.38. The zero-order valence-corrected chi connectivity index (χ0v) is 13.3. The lowest BCUT2D eigenvalue weighted by Gasteiger charge is -2.18. The van der Waals surface area contributed by atoms with Crippen LogP contribution in [-0.4, -0.2) is 12.8 Å². The number of fused-ring (bicyclic) bond motifs is 1. The quantitative estimate of drug-likeness (QED) is 0.812. The topological polar surface area (TPSA) is 12.0 Å². The summed E-state index contributed by atoms with van der Waals surface area (Å²) in [7, 11) is 2.11. The molecule has 1 aliphatic carbocycles. The molecule has 1 N–H and O–H groups in total. The van der Waals surface area contributed by atoms with E-state index in [1.807, 2.05) is 0 Å². The van der Waals surface area contributed by atoms with E-state index in [0.717, 1.165) is 0 Å². The average molecular weight is 294 g/mol. The van der Waals surface area contributed by atoms with Gasteiger partial charge in [-0.3, -0.25) is 0 Å². The van der Waals surface area contributed by atoms with E-state index in [0.29, 0.717) is 6.04 Å². The third-order valence-electron chi connectivity index (χ3n) is 4.17. The summed E-state index contributed by atoms with van der Waals surface area (Å²) in [4.78, 5) is 3.19. The highest BCUT2D eigenvalue weighted by atomic mass is 32.2. The maximum Gasteiger partial charge on any atom is 0.0628 e. The van der Waals surface area contributed by atoms with Crippen LogP contribution in [0.4, 0.5) is 0 Å². The lowest BCUT2D eigenvalue weighted by Crippen LogP contribution is -2.17. The Bertz CT molecular complexity index is 438. The molecule has 1 atom stereocenters. The molecule has 3 rings (SSSR count). The standard InChI is InChI=1S/C16H23NS2/c1-17-16(12-6-4-2-3-5-7-12)15-10-13-11-18-9-8-14(13)19-15/h6,10,16-17H,2-5,7-9,11H2,1H3. The van der Waals surface area contributed by atoms with Crippen LogP contribution in [0.25, 0.3) is 0 Å². The molecule has 104 valence electrons. The fraction of sp³-hybridized carbons (Fsp3) is 0.625. The first-order valence-electron chi connectivity index (χ1n) is 7.44. The number of thiophene rings is 1. The molecule has 0 amide bonds. The van der Waals surface area contributed by atoms with Crippen LogP contribution in [0.3, 0.4) is 0 Å². The minimum absolute atomic E-state index is 0.471. The lowest BCUT2D eigenvalue weighted by atomic mass is 10.0. The number of hydrogen-bond acceptors (Lipinski definition) is 3. The van der Waals surface area contributed by atoms with Crippen LogP contribution in [0.5, 0.6) is 0 Å². The summed E-state index contributed by atoms with van der Waals surface area (Å²) in [6, 6.07) is 2.94. The van der Waals surface area contributed by atoms with Gasteiger partial charge in [0.25, 0.3) is 0 Å². The summed E-state index contributed by atoms with van der Waals surface area (Å²) < 4.78 is 0. The number of likely N-dealkylation sites (N-methyl/N-ethyl adjacent to an activating group) is 1. The third kappa shape index (κ3) is 3.09. The summed E-state index contributed by atoms with van der Waals surface area (Å²) in [5.74, 6) is 2.53. The van der Waals surface area contributed by atoms with E-state index < -0.39 is 0 Å². The van der Waals surface area contributed by atoms with E-state index in [1.165, 1.54) is 50.0 Å². The number of thioether (sulfide) groups is 1. The maximum atomic E-state index is 3.56. The molecule has 0 aromatic carbocycles. The van der Waals surface area contributed by atoms with E-state index in [9.17, 15) is 0 Å². The van der Waals surface area contributed by atoms with Gasteiger partial charge in [-0.15, -0.1) is 11.3 Å². The Morgan fingerprint density at radius 1 is 1.21 bits per heavy atom. The molecule has 0 bridgehead atoms. The molecule has 1 unspecified atom stereocenters. The second-order valence-electron chi connectivity index (χ2n) is 5.50. The van der Waals surface area contributed by atoms with Gasteiger partial charge in [0.2, 0.25) is 0 Å². The van der Waals surface area contributed by atoms with Gasteiger partial charge in [-0.25, -0.2) is 0 Å². The van der Waals surface area contributed by atoms with Gasteiger partial charge in [-0.1, -0.05) is 18.1 Å². The Balaban J connectivity index is 1.84. The normalized spacial score (nSPS) is 21.4. The molecule has 1 aliphatic heterocycles. The summed E-state index contributed by atoms with van der Waals surface area (Å²) in [5, 5.41) is 3.56. The van der Waals surface area contributed by atoms with Gasteiger partial charge in [-0.05, 0) is 56.5 Å². The number of hydrogen-bond donors (Lipinski definition) is 1. The molecular formula is C16H23NS2. The molecule has 1 nitrogen and oxygen atoms in total. The Kier molecular flexibility index (Phi) is 4.67. The number of rotatable bonds is 3. The van der Waals surface area contributed by atoms with Gasteiger partial charge in [0.05, 0.1) is 6.04 Å². The fourth-order valence-electron chi connectivity index (χ4n) is 3.12. The van der Waals surface area contributed by atoms with Crippen molar-refractivity contribution in [2.24, 2.45) is 0 Å². The molecule has 19 heavy (non-hydrogen) atoms. The fourth-order valence-corrected chi connectivity index (χ4v) is 5.65. The summed E-state index contributed by atoms with van der Waals surface area (Å²) >= 11 is 4.13. The smallest absolute Gasteiger partial charge is 0.0628 e. The molecular weight excluding hydrogens is 270 g/mol. The Labute approximate surface area is 124 Å². The predicted octanol–water partition coefficient (Wildman–Crippen LogP) is 4.69. The van der Waals surface area contributed by atoms with E-state index >= 15 is 0 Å². The van der Waals surface area contributed by atoms with Crippen molar-refractivity contribution < 1.29 is 0 Å². The average Bonchev–Trinajstić information content (AvgIpc) is 2.67. The van der Waals surface area contributed by atoms with Gasteiger partial charge in [0.1, 0.15) is 0 Å². The van der Waals surface area contributed by atoms with Crippen molar-refractivity contribution in [1.29, 1.82) is 0 Å². The number of aryl methyl sites for hydroxylation is 1. The molecule has 2 aliphatic rings. The highest BCUT2D eigenvalue weighted by Gasteiger charge is 2.21. The Morgan fingerprint density at radius 2 is 2.16 bits per heavy atom. The molecule has 3 heteroatoms. The predicted molar refractivity (Wildman–Crippen MR) is 87.2 cm³/mol. The van der Waals surface area contributed by atoms with Crippen molar-refractivity contribution in [1.82, 2.24) is 5.32 Å². The van der Waals surface area contributed by atoms with Crippen LogP contribution >= 0.6 is 23.1 Å². The van der Waals surface area contributed by atoms with Crippen molar-refractivity contribution in [2.75, 3.05) is 12.8 Å². The number of nitrogens with one attached hydrogen (secondary N) is 1. The first kappa shape index (κ1) is 13.7. The zero-order valence-electron chi connectivity index (χ0n) is 11.7. The zero-order chi connectivity index (χ0) is 13.1. The maximum absolute atomic E-state index is 3.56. The molecule has 0 fully saturated rings. The summed E-state index contributed by atoms with van der Waals surface area (Å²) in [6.07, 6.45) is 10.5. The second-order valence-corrected chi connectivity index (χ2v) is 7.77. The van der Waals surface area contributed by atoms with Crippen LogP contribution in [0.1, 0.15) is 53.5 Å². The van der Waals surface area contributed by atoms with Crippen molar-refractivity contribution in [3.63, 3.8) is 0 Å². The van der Waals surface area contributed by atoms with E-state index in [4.69, 9.17) is 0 Å².